The highest BCUT2D eigenvalue weighted by atomic mass is 19.4. The van der Waals surface area contributed by atoms with Crippen LogP contribution in [0.25, 0.3) is 0 Å². The van der Waals surface area contributed by atoms with E-state index in [1.807, 2.05) is 37.3 Å². The molecular formula is C64H62F12N6O8. The molecule has 0 N–H and O–H groups in total. The maximum atomic E-state index is 14.0. The van der Waals surface area contributed by atoms with Gasteiger partial charge in [0.15, 0.2) is 0 Å². The summed E-state index contributed by atoms with van der Waals surface area (Å²) in [5, 5.41) is 19.9. The first-order valence-corrected chi connectivity index (χ1v) is 28.2. The van der Waals surface area contributed by atoms with Crippen molar-refractivity contribution in [1.82, 2.24) is 24.6 Å². The van der Waals surface area contributed by atoms with E-state index in [2.05, 4.69) is 10.2 Å². The number of amides is 2. The molecule has 2 fully saturated rings. The smallest absolute Gasteiger partial charge is 0.416 e. The molecule has 2 aliphatic heterocycles. The lowest BCUT2D eigenvalue weighted by Gasteiger charge is -2.52. The average Bonchev–Trinajstić information content (AvgIpc) is 0.885. The lowest BCUT2D eigenvalue weighted by Crippen LogP contribution is -2.63. The van der Waals surface area contributed by atoms with Crippen molar-refractivity contribution in [3.8, 4) is 0 Å². The van der Waals surface area contributed by atoms with Crippen LogP contribution in [0, 0.1) is 10.1 Å². The summed E-state index contributed by atoms with van der Waals surface area (Å²) < 4.78 is 188. The highest BCUT2D eigenvalue weighted by Gasteiger charge is 2.56. The molecule has 0 bridgehead atoms. The van der Waals surface area contributed by atoms with Crippen LogP contribution in [-0.4, -0.2) is 73.5 Å². The number of ether oxygens (including phenoxy) is 4. The van der Waals surface area contributed by atoms with Crippen LogP contribution in [-0.2, 0) is 73.5 Å². The number of hydrogen-bond donors (Lipinski definition) is 0. The molecule has 0 radical (unpaired) electrons. The van der Waals surface area contributed by atoms with Gasteiger partial charge in [0.05, 0.1) is 70.8 Å². The van der Waals surface area contributed by atoms with Gasteiger partial charge in [-0.25, -0.2) is 9.59 Å². The zero-order valence-corrected chi connectivity index (χ0v) is 48.9. The van der Waals surface area contributed by atoms with Crippen molar-refractivity contribution in [2.24, 2.45) is 0 Å². The Hall–Kier alpha value is -8.52. The molecule has 480 valence electrons. The predicted molar refractivity (Wildman–Crippen MR) is 302 cm³/mol. The SMILES string of the molecule is C[C@@H](OC[C@@]1(c2ccccc2)CC[C@@](C)([N+](=O)[O-])CN1C(=O)OCc1ccccc1)c1cc(C(F)(F)F)cc(C(F)(F)F)c1.C[C@@H](OC[C@@]1(c2ccccc2)CC[C@@](C)(n2cnnc2)CN1C(=O)OCc1ccccc1)c1cc(C(F)(F)F)cc(C(F)(F)F)c1. The van der Waals surface area contributed by atoms with Gasteiger partial charge in [-0.2, -0.15) is 52.7 Å². The van der Waals surface area contributed by atoms with Crippen molar-refractivity contribution in [1.29, 1.82) is 0 Å². The fourth-order valence-electron chi connectivity index (χ4n) is 11.0. The molecule has 2 saturated heterocycles. The summed E-state index contributed by atoms with van der Waals surface area (Å²) in [5.41, 5.74) is -8.71. The number of alkyl halides is 12. The number of benzene rings is 6. The third kappa shape index (κ3) is 15.7. The molecule has 26 heteroatoms. The number of carbonyl (C=O) groups excluding carboxylic acids is 2. The molecule has 0 spiro atoms. The van der Waals surface area contributed by atoms with Crippen molar-refractivity contribution in [2.45, 2.75) is 126 Å². The summed E-state index contributed by atoms with van der Waals surface area (Å²) in [6.45, 7) is 4.95. The van der Waals surface area contributed by atoms with Crippen molar-refractivity contribution in [2.75, 3.05) is 26.3 Å². The molecule has 14 nitrogen and oxygen atoms in total. The van der Waals surface area contributed by atoms with Crippen LogP contribution in [0.1, 0.15) is 121 Å². The fourth-order valence-corrected chi connectivity index (χ4v) is 11.0. The van der Waals surface area contributed by atoms with Crippen LogP contribution in [0.5, 0.6) is 0 Å². The third-order valence-electron chi connectivity index (χ3n) is 16.4. The minimum atomic E-state index is -5.04. The number of nitrogens with zero attached hydrogens (tertiary/aromatic N) is 6. The Labute approximate surface area is 509 Å². The van der Waals surface area contributed by atoms with Gasteiger partial charge in [0.1, 0.15) is 25.9 Å². The molecule has 3 heterocycles. The Balaban J connectivity index is 0.000000233. The minimum Gasteiger partial charge on any atom is -0.445 e. The van der Waals surface area contributed by atoms with Gasteiger partial charge in [0, 0.05) is 24.8 Å². The van der Waals surface area contributed by atoms with Gasteiger partial charge in [-0.15, -0.1) is 10.2 Å². The second-order valence-electron chi connectivity index (χ2n) is 22.8. The molecular weight excluding hydrogens is 1210 g/mol. The van der Waals surface area contributed by atoms with Crippen LogP contribution in [0.4, 0.5) is 62.3 Å². The van der Waals surface area contributed by atoms with Gasteiger partial charge in [-0.1, -0.05) is 121 Å². The van der Waals surface area contributed by atoms with Gasteiger partial charge in [-0.05, 0) is 110 Å². The molecule has 0 aliphatic carbocycles. The number of likely N-dealkylation sites (tertiary alicyclic amines) is 2. The summed E-state index contributed by atoms with van der Waals surface area (Å²) >= 11 is 0. The lowest BCUT2D eigenvalue weighted by atomic mass is 9.75. The van der Waals surface area contributed by atoms with E-state index >= 15 is 0 Å². The van der Waals surface area contributed by atoms with Crippen LogP contribution in [0.15, 0.2) is 170 Å². The Morgan fingerprint density at radius 3 is 1.19 bits per heavy atom. The topological polar surface area (TPSA) is 151 Å². The molecule has 6 aromatic carbocycles. The van der Waals surface area contributed by atoms with E-state index in [1.54, 1.807) is 108 Å². The average molecular weight is 1270 g/mol. The van der Waals surface area contributed by atoms with E-state index in [0.717, 1.165) is 5.56 Å². The molecule has 7 aromatic rings. The Morgan fingerprint density at radius 2 is 0.844 bits per heavy atom. The number of halogens is 12. The monoisotopic (exact) mass is 1270 g/mol. The van der Waals surface area contributed by atoms with E-state index in [9.17, 15) is 72.4 Å². The van der Waals surface area contributed by atoms with E-state index in [1.165, 1.54) is 30.6 Å². The number of hydrogen-bond acceptors (Lipinski definition) is 10. The molecule has 2 aliphatic rings. The van der Waals surface area contributed by atoms with Crippen molar-refractivity contribution in [3.05, 3.63) is 236 Å². The Kier molecular flexibility index (Phi) is 20.1. The summed E-state index contributed by atoms with van der Waals surface area (Å²) in [5.74, 6) is 0. The van der Waals surface area contributed by atoms with Crippen LogP contribution in [0.3, 0.4) is 0 Å². The number of aromatic nitrogens is 3. The molecule has 0 saturated carbocycles. The highest BCUT2D eigenvalue weighted by molar-refractivity contribution is 5.70. The van der Waals surface area contributed by atoms with Crippen LogP contribution in [0.2, 0.25) is 0 Å². The molecule has 0 unspecified atom stereocenters. The standard InChI is InChI=1S/C33H32F6N4O3.C31H30F6N2O5/c1-23(25-15-27(32(34,35)36)17-28(16-25)33(37,38)39)46-20-31(26-11-7-4-8-12-26)14-13-30(2,42-21-40-41-22-42)19-43(31)29(44)45-18-24-9-5-3-6-10-24;1-21(23-15-25(30(32,33)34)17-26(16-23)31(35,36)37)44-20-29(24-11-7-4-8-12-24)14-13-28(2,39(41)42)19-38(29)27(40)43-18-22-9-5-3-6-10-22/h3-12,15-17,21-23H,13-14,18-20H2,1-2H3;3-12,15-17,21H,13-14,18-20H2,1-2H3/t23-,30-,31-;21-,28-,29-/m11/s1. The number of nitro groups is 1. The normalized spacial score (nSPS) is 21.3. The van der Waals surface area contributed by atoms with Crippen LogP contribution < -0.4 is 0 Å². The quantitative estimate of drug-likeness (QED) is 0.0519. The fraction of sp³-hybridized carbons (Fsp3) is 0.375. The number of carbonyl (C=O) groups is 2. The Morgan fingerprint density at radius 1 is 0.511 bits per heavy atom. The third-order valence-corrected chi connectivity index (χ3v) is 16.4. The molecule has 6 atom stereocenters. The first-order valence-electron chi connectivity index (χ1n) is 28.2. The summed E-state index contributed by atoms with van der Waals surface area (Å²) in [7, 11) is 0. The van der Waals surface area contributed by atoms with Gasteiger partial charge in [0.2, 0.25) is 5.54 Å². The van der Waals surface area contributed by atoms with Gasteiger partial charge < -0.3 is 23.5 Å². The van der Waals surface area contributed by atoms with Gasteiger partial charge >= 0.3 is 36.9 Å². The number of rotatable bonds is 16. The molecule has 1 aromatic heterocycles. The first kappa shape index (κ1) is 67.4. The largest absolute Gasteiger partial charge is 0.445 e. The minimum absolute atomic E-state index is 0.00194. The van der Waals surface area contributed by atoms with E-state index in [4.69, 9.17) is 18.9 Å². The van der Waals surface area contributed by atoms with Crippen molar-refractivity contribution in [3.63, 3.8) is 0 Å². The van der Waals surface area contributed by atoms with E-state index < -0.39 is 105 Å². The second kappa shape index (κ2) is 26.9. The summed E-state index contributed by atoms with van der Waals surface area (Å²) in [4.78, 5) is 42.0. The van der Waals surface area contributed by atoms with Crippen molar-refractivity contribution < 1.29 is 86.1 Å². The maximum Gasteiger partial charge on any atom is 0.416 e. The zero-order valence-electron chi connectivity index (χ0n) is 48.9. The summed E-state index contributed by atoms with van der Waals surface area (Å²) in [6.07, 6.45) is -20.2. The van der Waals surface area contributed by atoms with E-state index in [0.29, 0.717) is 53.8 Å². The van der Waals surface area contributed by atoms with Gasteiger partial charge in [0.25, 0.3) is 0 Å². The molecule has 9 rings (SSSR count). The first-order chi connectivity index (χ1) is 42.3. The molecule has 2 amide bonds. The predicted octanol–water partition coefficient (Wildman–Crippen LogP) is 16.3. The zero-order chi connectivity index (χ0) is 65.5. The van der Waals surface area contributed by atoms with Crippen molar-refractivity contribution >= 4 is 12.2 Å². The van der Waals surface area contributed by atoms with Gasteiger partial charge in [-0.3, -0.25) is 19.9 Å². The Bertz CT molecular complexity index is 3480. The number of piperidine rings is 2. The maximum absolute atomic E-state index is 14.0. The second-order valence-corrected chi connectivity index (χ2v) is 22.8. The van der Waals surface area contributed by atoms with Crippen LogP contribution >= 0.6 is 0 Å². The van der Waals surface area contributed by atoms with E-state index in [-0.39, 0.29) is 69.0 Å². The lowest BCUT2D eigenvalue weighted by molar-refractivity contribution is -0.571. The summed E-state index contributed by atoms with van der Waals surface area (Å²) in [6, 6.07) is 37.8. The highest BCUT2D eigenvalue weighted by Crippen LogP contribution is 2.48. The molecule has 90 heavy (non-hydrogen) atoms.